The zero-order chi connectivity index (χ0) is 19.9. The van der Waals surface area contributed by atoms with Gasteiger partial charge in [0.1, 0.15) is 6.61 Å². The van der Waals surface area contributed by atoms with Gasteiger partial charge in [-0.1, -0.05) is 48.4 Å². The van der Waals surface area contributed by atoms with E-state index in [9.17, 15) is 4.79 Å². The van der Waals surface area contributed by atoms with Gasteiger partial charge in [-0.05, 0) is 58.0 Å². The van der Waals surface area contributed by atoms with E-state index in [1.165, 1.54) is 0 Å². The van der Waals surface area contributed by atoms with Crippen LogP contribution in [0.1, 0.15) is 22.8 Å². The SMILES string of the molecule is C#CCOC(=O)c1cc(I)c(OCc2cccc3ccccc23)c(OCC)c1. The average molecular weight is 486 g/mol. The second-order valence-electron chi connectivity index (χ2n) is 5.93. The van der Waals surface area contributed by atoms with E-state index < -0.39 is 5.97 Å². The molecule has 3 aromatic rings. The van der Waals surface area contributed by atoms with Crippen LogP contribution < -0.4 is 9.47 Å². The summed E-state index contributed by atoms with van der Waals surface area (Å²) in [7, 11) is 0. The molecule has 0 unspecified atom stereocenters. The molecule has 0 spiro atoms. The molecule has 0 heterocycles. The zero-order valence-electron chi connectivity index (χ0n) is 15.4. The van der Waals surface area contributed by atoms with Crippen LogP contribution in [0.15, 0.2) is 54.6 Å². The van der Waals surface area contributed by atoms with Crippen LogP contribution in [0.3, 0.4) is 0 Å². The van der Waals surface area contributed by atoms with Crippen molar-refractivity contribution in [2.75, 3.05) is 13.2 Å². The van der Waals surface area contributed by atoms with Crippen LogP contribution in [0.5, 0.6) is 11.5 Å². The molecule has 3 aromatic carbocycles. The van der Waals surface area contributed by atoms with Crippen molar-refractivity contribution in [3.63, 3.8) is 0 Å². The summed E-state index contributed by atoms with van der Waals surface area (Å²) in [4.78, 5) is 12.1. The Balaban J connectivity index is 1.88. The Morgan fingerprint density at radius 1 is 1.11 bits per heavy atom. The molecule has 28 heavy (non-hydrogen) atoms. The number of esters is 1. The Morgan fingerprint density at radius 2 is 1.89 bits per heavy atom. The lowest BCUT2D eigenvalue weighted by Gasteiger charge is -2.16. The lowest BCUT2D eigenvalue weighted by molar-refractivity contribution is 0.0556. The maximum Gasteiger partial charge on any atom is 0.339 e. The molecule has 4 nitrogen and oxygen atoms in total. The molecule has 0 amide bonds. The number of carbonyl (C=O) groups is 1. The summed E-state index contributed by atoms with van der Waals surface area (Å²) in [5.41, 5.74) is 1.45. The molecule has 0 radical (unpaired) electrons. The van der Waals surface area contributed by atoms with Crippen molar-refractivity contribution in [3.8, 4) is 23.8 Å². The Labute approximate surface area is 177 Å². The molecule has 0 aromatic heterocycles. The van der Waals surface area contributed by atoms with Crippen LogP contribution in [0.4, 0.5) is 0 Å². The van der Waals surface area contributed by atoms with Crippen LogP contribution in [-0.2, 0) is 11.3 Å². The summed E-state index contributed by atoms with van der Waals surface area (Å²) in [6.45, 7) is 2.64. The molecule has 0 saturated carbocycles. The third-order valence-corrected chi connectivity index (χ3v) is 4.88. The molecule has 0 fully saturated rings. The van der Waals surface area contributed by atoms with Gasteiger partial charge in [-0.25, -0.2) is 4.79 Å². The highest BCUT2D eigenvalue weighted by Gasteiger charge is 2.17. The fourth-order valence-electron chi connectivity index (χ4n) is 2.85. The number of fused-ring (bicyclic) bond motifs is 1. The first-order valence-corrected chi connectivity index (χ1v) is 9.88. The summed E-state index contributed by atoms with van der Waals surface area (Å²) >= 11 is 2.13. The molecule has 0 aliphatic rings. The first-order chi connectivity index (χ1) is 13.6. The minimum atomic E-state index is -0.488. The number of rotatable bonds is 7. The largest absolute Gasteiger partial charge is 0.490 e. The molecule has 3 rings (SSSR count). The van der Waals surface area contributed by atoms with Gasteiger partial charge in [0.2, 0.25) is 0 Å². The highest BCUT2D eigenvalue weighted by Crippen LogP contribution is 2.35. The molecule has 0 saturated heterocycles. The van der Waals surface area contributed by atoms with Crippen molar-refractivity contribution in [3.05, 3.63) is 69.3 Å². The fourth-order valence-corrected chi connectivity index (χ4v) is 3.60. The van der Waals surface area contributed by atoms with Crippen molar-refractivity contribution in [2.45, 2.75) is 13.5 Å². The number of carbonyl (C=O) groups excluding carboxylic acids is 1. The molecule has 0 atom stereocenters. The fraction of sp³-hybridized carbons (Fsp3) is 0.174. The van der Waals surface area contributed by atoms with Gasteiger partial charge in [0.25, 0.3) is 0 Å². The van der Waals surface area contributed by atoms with E-state index >= 15 is 0 Å². The van der Waals surface area contributed by atoms with Crippen LogP contribution in [0.2, 0.25) is 0 Å². The Morgan fingerprint density at radius 3 is 2.68 bits per heavy atom. The van der Waals surface area contributed by atoms with Gasteiger partial charge in [0, 0.05) is 0 Å². The lowest BCUT2D eigenvalue weighted by atomic mass is 10.1. The van der Waals surface area contributed by atoms with Gasteiger partial charge in [0.15, 0.2) is 18.1 Å². The molecule has 0 N–H and O–H groups in total. The zero-order valence-corrected chi connectivity index (χ0v) is 17.6. The maximum atomic E-state index is 12.1. The molecular weight excluding hydrogens is 467 g/mol. The van der Waals surface area contributed by atoms with Gasteiger partial charge in [-0.15, -0.1) is 6.42 Å². The van der Waals surface area contributed by atoms with Crippen LogP contribution >= 0.6 is 22.6 Å². The van der Waals surface area contributed by atoms with Gasteiger partial charge in [0.05, 0.1) is 15.7 Å². The summed E-state index contributed by atoms with van der Waals surface area (Å²) < 4.78 is 17.6. The number of terminal acetylenes is 1. The highest BCUT2D eigenvalue weighted by molar-refractivity contribution is 14.1. The third-order valence-electron chi connectivity index (χ3n) is 4.08. The van der Waals surface area contributed by atoms with Gasteiger partial charge >= 0.3 is 5.97 Å². The highest BCUT2D eigenvalue weighted by atomic mass is 127. The van der Waals surface area contributed by atoms with Crippen molar-refractivity contribution in [1.82, 2.24) is 0 Å². The van der Waals surface area contributed by atoms with Gasteiger partial charge in [-0.2, -0.15) is 0 Å². The van der Waals surface area contributed by atoms with E-state index in [-0.39, 0.29) is 6.61 Å². The second kappa shape index (κ2) is 9.47. The third kappa shape index (κ3) is 4.57. The number of hydrogen-bond acceptors (Lipinski definition) is 4. The Bertz CT molecular complexity index is 1030. The monoisotopic (exact) mass is 486 g/mol. The van der Waals surface area contributed by atoms with Gasteiger partial charge in [-0.3, -0.25) is 0 Å². The molecule has 0 aliphatic heterocycles. The van der Waals surface area contributed by atoms with E-state index in [2.05, 4.69) is 46.7 Å². The lowest BCUT2D eigenvalue weighted by Crippen LogP contribution is -2.08. The summed E-state index contributed by atoms with van der Waals surface area (Å²) in [6.07, 6.45) is 5.15. The van der Waals surface area contributed by atoms with Gasteiger partial charge < -0.3 is 14.2 Å². The van der Waals surface area contributed by atoms with Crippen molar-refractivity contribution < 1.29 is 19.0 Å². The first kappa shape index (κ1) is 20.0. The smallest absolute Gasteiger partial charge is 0.339 e. The molecule has 0 bridgehead atoms. The summed E-state index contributed by atoms with van der Waals surface area (Å²) in [5, 5.41) is 2.31. The minimum Gasteiger partial charge on any atom is -0.490 e. The minimum absolute atomic E-state index is 0.0707. The van der Waals surface area contributed by atoms with E-state index in [4.69, 9.17) is 20.6 Å². The quantitative estimate of drug-likeness (QED) is 0.261. The predicted octanol–water partition coefficient (Wildman–Crippen LogP) is 5.21. The van der Waals surface area contributed by atoms with E-state index in [0.29, 0.717) is 30.3 Å². The molecular formula is C23H19IO4. The topological polar surface area (TPSA) is 44.8 Å². The van der Waals surface area contributed by atoms with E-state index in [1.807, 2.05) is 31.2 Å². The van der Waals surface area contributed by atoms with Crippen molar-refractivity contribution >= 4 is 39.3 Å². The predicted molar refractivity (Wildman–Crippen MR) is 118 cm³/mol. The number of benzene rings is 3. The van der Waals surface area contributed by atoms with Crippen LogP contribution in [0, 0.1) is 15.9 Å². The molecule has 5 heteroatoms. The average Bonchev–Trinajstić information content (AvgIpc) is 2.71. The summed E-state index contributed by atoms with van der Waals surface area (Å²) in [6, 6.07) is 17.6. The van der Waals surface area contributed by atoms with Crippen molar-refractivity contribution in [1.29, 1.82) is 0 Å². The van der Waals surface area contributed by atoms with Crippen LogP contribution in [-0.4, -0.2) is 19.2 Å². The van der Waals surface area contributed by atoms with Crippen molar-refractivity contribution in [2.24, 2.45) is 0 Å². The summed E-state index contributed by atoms with van der Waals surface area (Å²) in [5.74, 6) is 2.90. The Kier molecular flexibility index (Phi) is 6.77. The van der Waals surface area contributed by atoms with Crippen LogP contribution in [0.25, 0.3) is 10.8 Å². The normalized spacial score (nSPS) is 10.3. The number of ether oxygens (including phenoxy) is 3. The first-order valence-electron chi connectivity index (χ1n) is 8.80. The maximum absolute atomic E-state index is 12.1. The Hall–Kier alpha value is -2.72. The number of hydrogen-bond donors (Lipinski definition) is 0. The number of halogens is 1. The second-order valence-corrected chi connectivity index (χ2v) is 7.09. The molecule has 142 valence electrons. The molecule has 0 aliphatic carbocycles. The van der Waals surface area contributed by atoms with E-state index in [1.54, 1.807) is 12.1 Å². The van der Waals surface area contributed by atoms with E-state index in [0.717, 1.165) is 19.9 Å². The standard InChI is InChI=1S/C23H19IO4/c1-3-12-27-23(25)18-13-20(24)22(21(14-18)26-4-2)28-15-17-10-7-9-16-8-5-6-11-19(16)17/h1,5-11,13-14H,4,12,15H2,2H3.